The summed E-state index contributed by atoms with van der Waals surface area (Å²) in [5, 5.41) is 9.57. The SMILES string of the molecule is COc1c(N2CCN(CC(=O)C3=Nc4ccc(C(N)=NCCN(C)C)cc4C3)CC2)c(F)cc2c(=O)c(C(=O)O)cn(C3CC3)c12. The van der Waals surface area contributed by atoms with Crippen molar-refractivity contribution in [2.45, 2.75) is 25.3 Å². The Bertz CT molecular complexity index is 1840. The molecule has 0 radical (unpaired) electrons. The first kappa shape index (κ1) is 31.4. The summed E-state index contributed by atoms with van der Waals surface area (Å²) >= 11 is 0. The van der Waals surface area contributed by atoms with Crippen molar-refractivity contribution in [1.29, 1.82) is 0 Å². The zero-order valence-electron chi connectivity index (χ0n) is 26.3. The van der Waals surface area contributed by atoms with Gasteiger partial charge in [-0.15, -0.1) is 0 Å². The van der Waals surface area contributed by atoms with Crippen LogP contribution in [0.15, 0.2) is 45.2 Å². The molecule has 1 aromatic heterocycles. The summed E-state index contributed by atoms with van der Waals surface area (Å²) < 4.78 is 23.2. The fourth-order valence-electron chi connectivity index (χ4n) is 6.13. The van der Waals surface area contributed by atoms with E-state index in [9.17, 15) is 19.5 Å². The molecule has 1 saturated heterocycles. The summed E-state index contributed by atoms with van der Waals surface area (Å²) in [5.41, 5.74) is 8.71. The van der Waals surface area contributed by atoms with Gasteiger partial charge in [0.25, 0.3) is 0 Å². The second-order valence-electron chi connectivity index (χ2n) is 12.3. The molecule has 13 heteroatoms. The Kier molecular flexibility index (Phi) is 8.62. The topological polar surface area (TPSA) is 146 Å². The minimum atomic E-state index is -1.35. The first-order chi connectivity index (χ1) is 22.0. The number of carboxylic acids is 1. The van der Waals surface area contributed by atoms with Crippen molar-refractivity contribution >= 4 is 45.6 Å². The van der Waals surface area contributed by atoms with E-state index >= 15 is 4.39 Å². The van der Waals surface area contributed by atoms with Crippen LogP contribution in [0.3, 0.4) is 0 Å². The van der Waals surface area contributed by atoms with E-state index in [4.69, 9.17) is 10.5 Å². The number of amidine groups is 1. The average molecular weight is 632 g/mol. The van der Waals surface area contributed by atoms with Crippen LogP contribution in [0, 0.1) is 5.82 Å². The molecular formula is C33H38FN7O5. The summed E-state index contributed by atoms with van der Waals surface area (Å²) in [6.07, 6.45) is 3.43. The molecule has 3 heterocycles. The lowest BCUT2D eigenvalue weighted by Crippen LogP contribution is -2.49. The number of carbonyl (C=O) groups is 2. The van der Waals surface area contributed by atoms with E-state index in [0.29, 0.717) is 56.2 Å². The summed E-state index contributed by atoms with van der Waals surface area (Å²) in [6.45, 7) is 3.44. The van der Waals surface area contributed by atoms with Crippen LogP contribution in [0.1, 0.15) is 40.4 Å². The Morgan fingerprint density at radius 1 is 1.17 bits per heavy atom. The standard InChI is InChI=1S/C33H38FN7O5/c1-38(2)9-8-36-32(35)19-4-7-25-20(14-19)15-26(37-25)27(42)18-39-10-12-40(13-11-39)29-24(34)16-22-28(31(29)46-3)41(21-5-6-21)17-23(30(22)43)33(44)45/h4,7,14,16-17,21H,5-6,8-13,15,18H2,1-3H3,(H2,35,36)(H,44,45). The molecular weight excluding hydrogens is 593 g/mol. The molecule has 6 rings (SSSR count). The number of carboxylic acid groups (broad SMARTS) is 1. The molecule has 0 atom stereocenters. The van der Waals surface area contributed by atoms with Gasteiger partial charge in [-0.25, -0.2) is 14.2 Å². The molecule has 2 aromatic carbocycles. The number of piperazine rings is 1. The number of likely N-dealkylation sites (N-methyl/N-ethyl adjacent to an activating group) is 1. The molecule has 1 saturated carbocycles. The molecule has 0 amide bonds. The highest BCUT2D eigenvalue weighted by molar-refractivity contribution is 6.42. The summed E-state index contributed by atoms with van der Waals surface area (Å²) in [7, 11) is 5.39. The van der Waals surface area contributed by atoms with Gasteiger partial charge >= 0.3 is 5.97 Å². The lowest BCUT2D eigenvalue weighted by molar-refractivity contribution is -0.114. The lowest BCUT2D eigenvalue weighted by atomic mass is 10.0. The van der Waals surface area contributed by atoms with Gasteiger partial charge in [-0.1, -0.05) is 0 Å². The van der Waals surface area contributed by atoms with E-state index in [0.717, 1.165) is 42.3 Å². The number of Topliss-reactive ketones (excluding diaryl/α,β-unsaturated/α-hetero) is 1. The van der Waals surface area contributed by atoms with Gasteiger partial charge in [0.2, 0.25) is 5.43 Å². The Balaban J connectivity index is 1.14. The maximum atomic E-state index is 15.7. The first-order valence-corrected chi connectivity index (χ1v) is 15.4. The number of halogens is 1. The van der Waals surface area contributed by atoms with Crippen LogP contribution in [0.4, 0.5) is 15.8 Å². The van der Waals surface area contributed by atoms with Crippen LogP contribution >= 0.6 is 0 Å². The number of nitrogens with zero attached hydrogens (tertiary/aromatic N) is 6. The summed E-state index contributed by atoms with van der Waals surface area (Å²) in [5.74, 6) is -1.39. The van der Waals surface area contributed by atoms with Crippen LogP contribution in [0.5, 0.6) is 5.75 Å². The van der Waals surface area contributed by atoms with Gasteiger partial charge in [0.05, 0.1) is 42.5 Å². The predicted octanol–water partition coefficient (Wildman–Crippen LogP) is 2.47. The second kappa shape index (κ2) is 12.6. The van der Waals surface area contributed by atoms with E-state index in [1.807, 2.05) is 47.0 Å². The second-order valence-corrected chi connectivity index (χ2v) is 12.3. The number of hydrogen-bond acceptors (Lipinski definition) is 9. The van der Waals surface area contributed by atoms with Crippen molar-refractivity contribution in [2.75, 3.05) is 71.9 Å². The number of ketones is 1. The zero-order valence-corrected chi connectivity index (χ0v) is 26.3. The Morgan fingerprint density at radius 3 is 2.57 bits per heavy atom. The molecule has 242 valence electrons. The molecule has 0 unspecified atom stereocenters. The number of aromatic nitrogens is 1. The van der Waals surface area contributed by atoms with Crippen LogP contribution in [-0.2, 0) is 11.2 Å². The largest absolute Gasteiger partial charge is 0.492 e. The van der Waals surface area contributed by atoms with Crippen molar-refractivity contribution in [3.8, 4) is 5.75 Å². The zero-order chi connectivity index (χ0) is 32.7. The van der Waals surface area contributed by atoms with E-state index < -0.39 is 22.8 Å². The molecule has 12 nitrogen and oxygen atoms in total. The minimum Gasteiger partial charge on any atom is -0.492 e. The number of anilines is 1. The maximum Gasteiger partial charge on any atom is 0.341 e. The number of fused-ring (bicyclic) bond motifs is 2. The number of nitrogens with two attached hydrogens (primary N) is 1. The normalized spacial score (nSPS) is 17.0. The number of aliphatic imine (C=N–C) groups is 2. The van der Waals surface area contributed by atoms with Crippen LogP contribution in [0.25, 0.3) is 10.9 Å². The van der Waals surface area contributed by atoms with E-state index in [1.54, 1.807) is 4.57 Å². The molecule has 2 fully saturated rings. The third-order valence-electron chi connectivity index (χ3n) is 8.77. The number of rotatable bonds is 11. The molecule has 3 aliphatic rings. The minimum absolute atomic E-state index is 0.0149. The van der Waals surface area contributed by atoms with Gasteiger partial charge in [0.15, 0.2) is 17.3 Å². The van der Waals surface area contributed by atoms with Crippen molar-refractivity contribution < 1.29 is 23.8 Å². The highest BCUT2D eigenvalue weighted by Crippen LogP contribution is 2.43. The van der Waals surface area contributed by atoms with Crippen molar-refractivity contribution in [1.82, 2.24) is 14.4 Å². The van der Waals surface area contributed by atoms with Gasteiger partial charge in [-0.2, -0.15) is 0 Å². The van der Waals surface area contributed by atoms with Gasteiger partial charge in [-0.05, 0) is 56.8 Å². The highest BCUT2D eigenvalue weighted by Gasteiger charge is 2.32. The quantitative estimate of drug-likeness (QED) is 0.241. The monoisotopic (exact) mass is 631 g/mol. The third kappa shape index (κ3) is 6.12. The number of hydrogen-bond donors (Lipinski definition) is 2. The highest BCUT2D eigenvalue weighted by atomic mass is 19.1. The molecule has 0 spiro atoms. The Hall–Kier alpha value is -4.62. The number of pyridine rings is 1. The fraction of sp³-hybridized carbons (Fsp3) is 0.424. The fourth-order valence-corrected chi connectivity index (χ4v) is 6.13. The first-order valence-electron chi connectivity index (χ1n) is 15.4. The average Bonchev–Trinajstić information content (AvgIpc) is 3.78. The molecule has 1 aliphatic carbocycles. The van der Waals surface area contributed by atoms with Crippen LogP contribution in [0.2, 0.25) is 0 Å². The number of methoxy groups -OCH3 is 1. The molecule has 46 heavy (non-hydrogen) atoms. The number of benzene rings is 2. The maximum absolute atomic E-state index is 15.7. The van der Waals surface area contributed by atoms with E-state index in [2.05, 4.69) is 9.98 Å². The summed E-state index contributed by atoms with van der Waals surface area (Å²) in [4.78, 5) is 53.0. The number of aromatic carboxylic acids is 1. The van der Waals surface area contributed by atoms with Gasteiger partial charge in [0.1, 0.15) is 17.1 Å². The smallest absolute Gasteiger partial charge is 0.341 e. The predicted molar refractivity (Wildman–Crippen MR) is 175 cm³/mol. The van der Waals surface area contributed by atoms with Crippen LogP contribution < -0.4 is 20.8 Å². The summed E-state index contributed by atoms with van der Waals surface area (Å²) in [6, 6.07) is 6.84. The Labute approximate surface area is 265 Å². The lowest BCUT2D eigenvalue weighted by Gasteiger charge is -2.36. The van der Waals surface area contributed by atoms with Crippen molar-refractivity contribution in [3.05, 3.63) is 63.2 Å². The van der Waals surface area contributed by atoms with Crippen LogP contribution in [-0.4, -0.2) is 110 Å². The molecule has 2 aliphatic heterocycles. The number of ether oxygens (including phenoxy) is 1. The van der Waals surface area contributed by atoms with Gasteiger partial charge < -0.3 is 29.9 Å². The Morgan fingerprint density at radius 2 is 1.91 bits per heavy atom. The third-order valence-corrected chi connectivity index (χ3v) is 8.77. The molecule has 3 N–H and O–H groups in total. The van der Waals surface area contributed by atoms with Gasteiger partial charge in [0, 0.05) is 56.9 Å². The number of carbonyl (C=O) groups excluding carboxylic acids is 1. The van der Waals surface area contributed by atoms with Gasteiger partial charge in [-0.3, -0.25) is 19.5 Å². The van der Waals surface area contributed by atoms with E-state index in [-0.39, 0.29) is 35.2 Å². The van der Waals surface area contributed by atoms with Crippen molar-refractivity contribution in [2.24, 2.45) is 15.7 Å². The molecule has 3 aromatic rings. The van der Waals surface area contributed by atoms with E-state index in [1.165, 1.54) is 13.3 Å². The molecule has 0 bridgehead atoms. The van der Waals surface area contributed by atoms with Crippen molar-refractivity contribution in [3.63, 3.8) is 0 Å².